The number of aliphatic carboxylic acids is 1. The van der Waals surface area contributed by atoms with Crippen LogP contribution in [0.1, 0.15) is 19.4 Å². The third-order valence-electron chi connectivity index (χ3n) is 3.66. The Bertz CT molecular complexity index is 842. The summed E-state index contributed by atoms with van der Waals surface area (Å²) in [5, 5.41) is 9.51. The average Bonchev–Trinajstić information content (AvgIpc) is 2.87. The molecule has 0 bridgehead atoms. The van der Waals surface area contributed by atoms with Gasteiger partial charge in [0.15, 0.2) is 0 Å². The van der Waals surface area contributed by atoms with Gasteiger partial charge in [-0.05, 0) is 30.7 Å². The zero-order valence-corrected chi connectivity index (χ0v) is 12.0. The molecule has 0 radical (unpaired) electrons. The number of nitrogens with zero attached hydrogens (tertiary/aromatic N) is 2. The molecular weight excluding hydrogens is 283 g/mol. The van der Waals surface area contributed by atoms with Gasteiger partial charge in [-0.2, -0.15) is 0 Å². The van der Waals surface area contributed by atoms with Gasteiger partial charge in [-0.25, -0.2) is 14.2 Å². The minimum atomic E-state index is -0.927. The standard InChI is InChI=1S/C17H15FN2O2/c1-2-14(17(21)22)20-15-9-4-3-8-13(15)19-16(20)11-6-5-7-12(18)10-11/h3-10,14H,2H2,1H3,(H,21,22). The Morgan fingerprint density at radius 3 is 2.73 bits per heavy atom. The molecule has 0 saturated carbocycles. The fourth-order valence-corrected chi connectivity index (χ4v) is 2.66. The summed E-state index contributed by atoms with van der Waals surface area (Å²) in [7, 11) is 0. The van der Waals surface area contributed by atoms with E-state index in [0.717, 1.165) is 5.52 Å². The van der Waals surface area contributed by atoms with Crippen LogP contribution in [0.4, 0.5) is 4.39 Å². The Hall–Kier alpha value is -2.69. The predicted octanol–water partition coefficient (Wildman–Crippen LogP) is 3.88. The number of hydrogen-bond acceptors (Lipinski definition) is 2. The summed E-state index contributed by atoms with van der Waals surface area (Å²) >= 11 is 0. The van der Waals surface area contributed by atoms with Crippen molar-refractivity contribution in [1.82, 2.24) is 9.55 Å². The lowest BCUT2D eigenvalue weighted by Crippen LogP contribution is -2.19. The van der Waals surface area contributed by atoms with E-state index in [-0.39, 0.29) is 5.82 Å². The number of fused-ring (bicyclic) bond motifs is 1. The van der Waals surface area contributed by atoms with Crippen LogP contribution in [0.2, 0.25) is 0 Å². The van der Waals surface area contributed by atoms with Gasteiger partial charge in [-0.1, -0.05) is 31.2 Å². The summed E-state index contributed by atoms with van der Waals surface area (Å²) in [5.41, 5.74) is 1.99. The van der Waals surface area contributed by atoms with Crippen molar-refractivity contribution < 1.29 is 14.3 Å². The van der Waals surface area contributed by atoms with Crippen molar-refractivity contribution in [1.29, 1.82) is 0 Å². The molecule has 0 spiro atoms. The van der Waals surface area contributed by atoms with Gasteiger partial charge < -0.3 is 9.67 Å². The number of benzene rings is 2. The van der Waals surface area contributed by atoms with Gasteiger partial charge in [0.05, 0.1) is 11.0 Å². The first kappa shape index (κ1) is 14.3. The quantitative estimate of drug-likeness (QED) is 0.795. The van der Waals surface area contributed by atoms with E-state index in [4.69, 9.17) is 0 Å². The molecule has 1 unspecified atom stereocenters. The SMILES string of the molecule is CCC(C(=O)O)n1c(-c2cccc(F)c2)nc2ccccc21. The average molecular weight is 298 g/mol. The van der Waals surface area contributed by atoms with Crippen LogP contribution in [0.5, 0.6) is 0 Å². The van der Waals surface area contributed by atoms with Gasteiger partial charge >= 0.3 is 5.97 Å². The number of halogens is 1. The van der Waals surface area contributed by atoms with E-state index in [1.807, 2.05) is 31.2 Å². The summed E-state index contributed by atoms with van der Waals surface area (Å²) in [6.45, 7) is 1.81. The van der Waals surface area contributed by atoms with Crippen molar-refractivity contribution in [2.45, 2.75) is 19.4 Å². The van der Waals surface area contributed by atoms with Crippen LogP contribution in [0.25, 0.3) is 22.4 Å². The summed E-state index contributed by atoms with van der Waals surface area (Å²) in [6, 6.07) is 12.6. The normalized spacial score (nSPS) is 12.5. The smallest absolute Gasteiger partial charge is 0.326 e. The number of para-hydroxylation sites is 2. The maximum Gasteiger partial charge on any atom is 0.326 e. The summed E-state index contributed by atoms with van der Waals surface area (Å²) in [4.78, 5) is 16.1. The molecule has 1 atom stereocenters. The fourth-order valence-electron chi connectivity index (χ4n) is 2.66. The minimum absolute atomic E-state index is 0.375. The molecule has 0 saturated heterocycles. The van der Waals surface area contributed by atoms with E-state index >= 15 is 0 Å². The van der Waals surface area contributed by atoms with Crippen LogP contribution in [0.15, 0.2) is 48.5 Å². The highest BCUT2D eigenvalue weighted by Gasteiger charge is 2.24. The van der Waals surface area contributed by atoms with Crippen LogP contribution >= 0.6 is 0 Å². The molecule has 0 amide bonds. The maximum absolute atomic E-state index is 13.5. The Balaban J connectivity index is 2.31. The molecule has 3 rings (SSSR count). The number of imidazole rings is 1. The van der Waals surface area contributed by atoms with Crippen LogP contribution < -0.4 is 0 Å². The van der Waals surface area contributed by atoms with Gasteiger partial charge in [0.2, 0.25) is 0 Å². The first-order chi connectivity index (χ1) is 10.6. The van der Waals surface area contributed by atoms with Crippen LogP contribution in [-0.4, -0.2) is 20.6 Å². The number of rotatable bonds is 4. The minimum Gasteiger partial charge on any atom is -0.480 e. The second kappa shape index (κ2) is 5.60. The van der Waals surface area contributed by atoms with Gasteiger partial charge in [-0.3, -0.25) is 0 Å². The van der Waals surface area contributed by atoms with Crippen LogP contribution in [-0.2, 0) is 4.79 Å². The van der Waals surface area contributed by atoms with E-state index in [0.29, 0.717) is 23.3 Å². The zero-order valence-electron chi connectivity index (χ0n) is 12.0. The van der Waals surface area contributed by atoms with Crippen molar-refractivity contribution in [2.24, 2.45) is 0 Å². The Labute approximate surface area is 126 Å². The number of aromatic nitrogens is 2. The molecule has 2 aromatic carbocycles. The van der Waals surface area contributed by atoms with Crippen molar-refractivity contribution in [3.63, 3.8) is 0 Å². The third kappa shape index (κ3) is 2.35. The highest BCUT2D eigenvalue weighted by molar-refractivity contribution is 5.84. The highest BCUT2D eigenvalue weighted by atomic mass is 19.1. The van der Waals surface area contributed by atoms with Gasteiger partial charge in [-0.15, -0.1) is 0 Å². The Morgan fingerprint density at radius 1 is 1.27 bits per heavy atom. The van der Waals surface area contributed by atoms with E-state index in [2.05, 4.69) is 4.98 Å². The largest absolute Gasteiger partial charge is 0.480 e. The molecule has 0 aliphatic rings. The van der Waals surface area contributed by atoms with Crippen LogP contribution in [0, 0.1) is 5.82 Å². The molecule has 0 aliphatic carbocycles. The molecule has 1 aromatic heterocycles. The maximum atomic E-state index is 13.5. The molecule has 1 heterocycles. The number of carboxylic acid groups (broad SMARTS) is 1. The number of carboxylic acids is 1. The number of hydrogen-bond donors (Lipinski definition) is 1. The molecule has 1 N–H and O–H groups in total. The zero-order chi connectivity index (χ0) is 15.7. The van der Waals surface area contributed by atoms with E-state index in [1.165, 1.54) is 12.1 Å². The molecular formula is C17H15FN2O2. The molecule has 3 aromatic rings. The lowest BCUT2D eigenvalue weighted by Gasteiger charge is -2.16. The highest BCUT2D eigenvalue weighted by Crippen LogP contribution is 2.30. The van der Waals surface area contributed by atoms with Crippen molar-refractivity contribution >= 4 is 17.0 Å². The summed E-state index contributed by atoms with van der Waals surface area (Å²) in [6.07, 6.45) is 0.415. The summed E-state index contributed by atoms with van der Waals surface area (Å²) < 4.78 is 15.2. The molecule has 22 heavy (non-hydrogen) atoms. The molecule has 112 valence electrons. The molecule has 0 fully saturated rings. The van der Waals surface area contributed by atoms with E-state index in [1.54, 1.807) is 16.7 Å². The monoisotopic (exact) mass is 298 g/mol. The topological polar surface area (TPSA) is 55.1 Å². The first-order valence-corrected chi connectivity index (χ1v) is 7.07. The van der Waals surface area contributed by atoms with Crippen molar-refractivity contribution in [3.8, 4) is 11.4 Å². The summed E-state index contributed by atoms with van der Waals surface area (Å²) in [5.74, 6) is -0.835. The lowest BCUT2D eigenvalue weighted by molar-refractivity contribution is -0.140. The van der Waals surface area contributed by atoms with Crippen molar-refractivity contribution in [3.05, 3.63) is 54.3 Å². The molecule has 4 nitrogen and oxygen atoms in total. The molecule has 0 aliphatic heterocycles. The van der Waals surface area contributed by atoms with Crippen LogP contribution in [0.3, 0.4) is 0 Å². The Morgan fingerprint density at radius 2 is 2.05 bits per heavy atom. The number of carbonyl (C=O) groups is 1. The third-order valence-corrected chi connectivity index (χ3v) is 3.66. The molecule has 5 heteroatoms. The fraction of sp³-hybridized carbons (Fsp3) is 0.176. The van der Waals surface area contributed by atoms with E-state index < -0.39 is 12.0 Å². The lowest BCUT2D eigenvalue weighted by atomic mass is 10.1. The van der Waals surface area contributed by atoms with E-state index in [9.17, 15) is 14.3 Å². The first-order valence-electron chi connectivity index (χ1n) is 7.07. The predicted molar refractivity (Wildman–Crippen MR) is 82.1 cm³/mol. The van der Waals surface area contributed by atoms with Gasteiger partial charge in [0.1, 0.15) is 17.7 Å². The second-order valence-corrected chi connectivity index (χ2v) is 5.07. The van der Waals surface area contributed by atoms with Gasteiger partial charge in [0, 0.05) is 5.56 Å². The van der Waals surface area contributed by atoms with Gasteiger partial charge in [0.25, 0.3) is 0 Å². The Kier molecular flexibility index (Phi) is 3.63. The second-order valence-electron chi connectivity index (χ2n) is 5.07. The van der Waals surface area contributed by atoms with Crippen molar-refractivity contribution in [2.75, 3.05) is 0 Å².